The zero-order valence-electron chi connectivity index (χ0n) is 12.1. The Morgan fingerprint density at radius 3 is 2.95 bits per heavy atom. The minimum atomic E-state index is 0.407. The third-order valence-corrected chi connectivity index (χ3v) is 3.12. The van der Waals surface area contributed by atoms with Gasteiger partial charge in [0.2, 0.25) is 5.82 Å². The summed E-state index contributed by atoms with van der Waals surface area (Å²) in [6.45, 7) is 3.76. The summed E-state index contributed by atoms with van der Waals surface area (Å²) in [7, 11) is 1.64. The summed E-state index contributed by atoms with van der Waals surface area (Å²) >= 11 is 0. The molecule has 0 aliphatic carbocycles. The van der Waals surface area contributed by atoms with Crippen molar-refractivity contribution in [3.05, 3.63) is 54.7 Å². The smallest absolute Gasteiger partial charge is 0.258 e. The zero-order valence-corrected chi connectivity index (χ0v) is 12.1. The Morgan fingerprint density at radius 1 is 1.32 bits per heavy atom. The molecule has 0 aliphatic rings. The van der Waals surface area contributed by atoms with Crippen molar-refractivity contribution in [3.8, 4) is 28.7 Å². The van der Waals surface area contributed by atoms with Gasteiger partial charge in [-0.05, 0) is 42.3 Å². The lowest BCUT2D eigenvalue weighted by molar-refractivity contribution is 0.410. The SMILES string of the molecule is C=CCc1cc(-c2nc(-c3cccnn3)no2)ccc1OC. The van der Waals surface area contributed by atoms with Crippen LogP contribution in [0.25, 0.3) is 23.0 Å². The Bertz CT molecular complexity index is 784. The van der Waals surface area contributed by atoms with Gasteiger partial charge in [0.25, 0.3) is 5.89 Å². The van der Waals surface area contributed by atoms with Crippen molar-refractivity contribution < 1.29 is 9.26 Å². The number of nitrogens with zero attached hydrogens (tertiary/aromatic N) is 4. The number of hydrogen-bond donors (Lipinski definition) is 0. The highest BCUT2D eigenvalue weighted by molar-refractivity contribution is 5.60. The van der Waals surface area contributed by atoms with Crippen LogP contribution in [0.5, 0.6) is 5.75 Å². The molecule has 0 aliphatic heterocycles. The van der Waals surface area contributed by atoms with Gasteiger partial charge < -0.3 is 9.26 Å². The lowest BCUT2D eigenvalue weighted by Gasteiger charge is -2.07. The van der Waals surface area contributed by atoms with E-state index in [2.05, 4.69) is 26.9 Å². The first-order valence-electron chi connectivity index (χ1n) is 6.72. The highest BCUT2D eigenvalue weighted by atomic mass is 16.5. The van der Waals surface area contributed by atoms with Crippen LogP contribution in [0.15, 0.2) is 53.7 Å². The lowest BCUT2D eigenvalue weighted by atomic mass is 10.1. The van der Waals surface area contributed by atoms with E-state index in [4.69, 9.17) is 9.26 Å². The van der Waals surface area contributed by atoms with E-state index in [0.29, 0.717) is 23.8 Å². The summed E-state index contributed by atoms with van der Waals surface area (Å²) in [6, 6.07) is 9.25. The van der Waals surface area contributed by atoms with Gasteiger partial charge in [0.05, 0.1) is 7.11 Å². The van der Waals surface area contributed by atoms with E-state index in [1.165, 1.54) is 0 Å². The minimum Gasteiger partial charge on any atom is -0.496 e. The first kappa shape index (κ1) is 13.9. The minimum absolute atomic E-state index is 0.407. The first-order chi connectivity index (χ1) is 10.8. The number of aromatic nitrogens is 4. The molecule has 0 radical (unpaired) electrons. The van der Waals surface area contributed by atoms with Crippen LogP contribution in [-0.2, 0) is 6.42 Å². The molecular formula is C16H14N4O2. The quantitative estimate of drug-likeness (QED) is 0.674. The highest BCUT2D eigenvalue weighted by Crippen LogP contribution is 2.27. The maximum atomic E-state index is 5.33. The Labute approximate surface area is 127 Å². The highest BCUT2D eigenvalue weighted by Gasteiger charge is 2.13. The van der Waals surface area contributed by atoms with Crippen molar-refractivity contribution in [1.82, 2.24) is 20.3 Å². The fourth-order valence-corrected chi connectivity index (χ4v) is 2.09. The van der Waals surface area contributed by atoms with Gasteiger partial charge in [0.1, 0.15) is 11.4 Å². The Morgan fingerprint density at radius 2 is 2.23 bits per heavy atom. The topological polar surface area (TPSA) is 73.9 Å². The van der Waals surface area contributed by atoms with Crippen LogP contribution in [0, 0.1) is 0 Å². The van der Waals surface area contributed by atoms with E-state index in [-0.39, 0.29) is 0 Å². The van der Waals surface area contributed by atoms with Crippen LogP contribution in [0.3, 0.4) is 0 Å². The third-order valence-electron chi connectivity index (χ3n) is 3.12. The van der Waals surface area contributed by atoms with Crippen LogP contribution in [0.2, 0.25) is 0 Å². The third kappa shape index (κ3) is 2.71. The number of allylic oxidation sites excluding steroid dienone is 1. The average Bonchev–Trinajstić information content (AvgIpc) is 3.06. The standard InChI is InChI=1S/C16H14N4O2/c1-3-5-11-10-12(7-8-14(11)21-2)16-18-15(20-22-16)13-6-4-9-17-19-13/h3-4,6-10H,1,5H2,2H3. The van der Waals surface area contributed by atoms with Gasteiger partial charge in [0, 0.05) is 11.8 Å². The van der Waals surface area contributed by atoms with Crippen molar-refractivity contribution >= 4 is 0 Å². The maximum Gasteiger partial charge on any atom is 0.258 e. The largest absolute Gasteiger partial charge is 0.496 e. The molecule has 6 nitrogen and oxygen atoms in total. The maximum absolute atomic E-state index is 5.33. The van der Waals surface area contributed by atoms with Crippen molar-refractivity contribution in [3.63, 3.8) is 0 Å². The second-order valence-corrected chi connectivity index (χ2v) is 4.55. The van der Waals surface area contributed by atoms with Gasteiger partial charge in [0.15, 0.2) is 0 Å². The molecular weight excluding hydrogens is 280 g/mol. The van der Waals surface area contributed by atoms with Gasteiger partial charge in [-0.25, -0.2) is 0 Å². The number of ether oxygens (including phenoxy) is 1. The average molecular weight is 294 g/mol. The molecule has 3 rings (SSSR count). The van der Waals surface area contributed by atoms with Crippen molar-refractivity contribution in [2.75, 3.05) is 7.11 Å². The molecule has 6 heteroatoms. The molecule has 0 unspecified atom stereocenters. The van der Waals surface area contributed by atoms with Gasteiger partial charge >= 0.3 is 0 Å². The molecule has 3 aromatic rings. The fourth-order valence-electron chi connectivity index (χ4n) is 2.09. The molecule has 0 N–H and O–H groups in total. The predicted octanol–water partition coefficient (Wildman–Crippen LogP) is 2.93. The van der Waals surface area contributed by atoms with E-state index in [1.807, 2.05) is 24.3 Å². The van der Waals surface area contributed by atoms with E-state index < -0.39 is 0 Å². The summed E-state index contributed by atoms with van der Waals surface area (Å²) in [4.78, 5) is 4.36. The monoisotopic (exact) mass is 294 g/mol. The molecule has 1 aromatic carbocycles. The molecule has 2 aromatic heterocycles. The van der Waals surface area contributed by atoms with Crippen LogP contribution in [0.1, 0.15) is 5.56 Å². The molecule has 2 heterocycles. The van der Waals surface area contributed by atoms with E-state index in [0.717, 1.165) is 16.9 Å². The number of benzene rings is 1. The fraction of sp³-hybridized carbons (Fsp3) is 0.125. The zero-order chi connectivity index (χ0) is 15.4. The van der Waals surface area contributed by atoms with Crippen LogP contribution in [-0.4, -0.2) is 27.4 Å². The lowest BCUT2D eigenvalue weighted by Crippen LogP contribution is -1.92. The van der Waals surface area contributed by atoms with Gasteiger partial charge in [-0.15, -0.1) is 11.7 Å². The Hall–Kier alpha value is -3.02. The van der Waals surface area contributed by atoms with Crippen LogP contribution < -0.4 is 4.74 Å². The van der Waals surface area contributed by atoms with Crippen LogP contribution in [0.4, 0.5) is 0 Å². The van der Waals surface area contributed by atoms with E-state index in [9.17, 15) is 0 Å². The molecule has 0 saturated heterocycles. The van der Waals surface area contributed by atoms with Crippen molar-refractivity contribution in [1.29, 1.82) is 0 Å². The van der Waals surface area contributed by atoms with Crippen molar-refractivity contribution in [2.45, 2.75) is 6.42 Å². The van der Waals surface area contributed by atoms with Gasteiger partial charge in [-0.3, -0.25) is 0 Å². The van der Waals surface area contributed by atoms with E-state index in [1.54, 1.807) is 25.4 Å². The predicted molar refractivity (Wildman–Crippen MR) is 81.2 cm³/mol. The summed E-state index contributed by atoms with van der Waals surface area (Å²) in [5.41, 5.74) is 2.40. The Kier molecular flexibility index (Phi) is 3.91. The first-order valence-corrected chi connectivity index (χ1v) is 6.72. The molecule has 0 saturated carbocycles. The van der Waals surface area contributed by atoms with Crippen LogP contribution >= 0.6 is 0 Å². The molecule has 0 fully saturated rings. The summed E-state index contributed by atoms with van der Waals surface area (Å²) in [5.74, 6) is 1.63. The van der Waals surface area contributed by atoms with E-state index >= 15 is 0 Å². The summed E-state index contributed by atoms with van der Waals surface area (Å²) in [6.07, 6.45) is 4.11. The van der Waals surface area contributed by atoms with Crippen molar-refractivity contribution in [2.24, 2.45) is 0 Å². The summed E-state index contributed by atoms with van der Waals surface area (Å²) in [5, 5.41) is 11.7. The normalized spacial score (nSPS) is 10.4. The van der Waals surface area contributed by atoms with Gasteiger partial charge in [-0.1, -0.05) is 11.2 Å². The molecule has 22 heavy (non-hydrogen) atoms. The molecule has 0 atom stereocenters. The number of methoxy groups -OCH3 is 1. The number of hydrogen-bond acceptors (Lipinski definition) is 6. The molecule has 0 amide bonds. The number of rotatable bonds is 5. The second-order valence-electron chi connectivity index (χ2n) is 4.55. The van der Waals surface area contributed by atoms with Gasteiger partial charge in [-0.2, -0.15) is 10.1 Å². The Balaban J connectivity index is 1.96. The molecule has 0 spiro atoms. The summed E-state index contributed by atoms with van der Waals surface area (Å²) < 4.78 is 10.6. The molecule has 110 valence electrons. The molecule has 0 bridgehead atoms. The second kappa shape index (κ2) is 6.17.